The van der Waals surface area contributed by atoms with Crippen LogP contribution in [0, 0.1) is 0 Å². The van der Waals surface area contributed by atoms with Gasteiger partial charge in [0.15, 0.2) is 0 Å². The third-order valence-corrected chi connectivity index (χ3v) is 3.99. The van der Waals surface area contributed by atoms with Gasteiger partial charge in [0, 0.05) is 13.2 Å². The highest BCUT2D eigenvalue weighted by molar-refractivity contribution is 4.49. The lowest BCUT2D eigenvalue weighted by Crippen LogP contribution is -1.95. The SMILES string of the molecule is CCCCCCCCCCCCCCCCOCCC. The van der Waals surface area contributed by atoms with Crippen molar-refractivity contribution in [2.45, 2.75) is 110 Å². The topological polar surface area (TPSA) is 9.23 Å². The highest BCUT2D eigenvalue weighted by Gasteiger charge is 1.94. The Bertz CT molecular complexity index is 138. The predicted molar refractivity (Wildman–Crippen MR) is 91.4 cm³/mol. The molecule has 0 spiro atoms. The monoisotopic (exact) mass is 284 g/mol. The lowest BCUT2D eigenvalue weighted by molar-refractivity contribution is 0.130. The molecule has 1 heteroatoms. The summed E-state index contributed by atoms with van der Waals surface area (Å²) in [4.78, 5) is 0. The van der Waals surface area contributed by atoms with Crippen molar-refractivity contribution in [2.24, 2.45) is 0 Å². The Balaban J connectivity index is 2.89. The van der Waals surface area contributed by atoms with E-state index >= 15 is 0 Å². The number of rotatable bonds is 17. The highest BCUT2D eigenvalue weighted by Crippen LogP contribution is 2.12. The minimum absolute atomic E-state index is 0.943. The molecule has 0 aliphatic heterocycles. The summed E-state index contributed by atoms with van der Waals surface area (Å²) in [5.74, 6) is 0. The highest BCUT2D eigenvalue weighted by atomic mass is 16.5. The van der Waals surface area contributed by atoms with Gasteiger partial charge in [-0.25, -0.2) is 0 Å². The molecule has 0 unspecified atom stereocenters. The summed E-state index contributed by atoms with van der Waals surface area (Å²) in [6.07, 6.45) is 21.1. The lowest BCUT2D eigenvalue weighted by atomic mass is 10.0. The molecule has 0 amide bonds. The van der Waals surface area contributed by atoms with Gasteiger partial charge in [-0.3, -0.25) is 0 Å². The van der Waals surface area contributed by atoms with Crippen molar-refractivity contribution in [3.63, 3.8) is 0 Å². The molecule has 20 heavy (non-hydrogen) atoms. The van der Waals surface area contributed by atoms with Gasteiger partial charge in [-0.15, -0.1) is 0 Å². The van der Waals surface area contributed by atoms with Crippen LogP contribution in [0.5, 0.6) is 0 Å². The Hall–Kier alpha value is -0.0400. The molecule has 0 aromatic heterocycles. The Morgan fingerprint density at radius 1 is 0.400 bits per heavy atom. The summed E-state index contributed by atoms with van der Waals surface area (Å²) in [6, 6.07) is 0. The van der Waals surface area contributed by atoms with E-state index < -0.39 is 0 Å². The van der Waals surface area contributed by atoms with Gasteiger partial charge in [-0.2, -0.15) is 0 Å². The van der Waals surface area contributed by atoms with Crippen molar-refractivity contribution in [1.82, 2.24) is 0 Å². The van der Waals surface area contributed by atoms with E-state index in [1.807, 2.05) is 0 Å². The van der Waals surface area contributed by atoms with Gasteiger partial charge in [-0.05, 0) is 12.8 Å². The summed E-state index contributed by atoms with van der Waals surface area (Å²) in [5, 5.41) is 0. The smallest absolute Gasteiger partial charge is 0.0466 e. The Morgan fingerprint density at radius 3 is 1.20 bits per heavy atom. The van der Waals surface area contributed by atoms with Gasteiger partial charge in [0.1, 0.15) is 0 Å². The summed E-state index contributed by atoms with van der Waals surface area (Å²) in [5.41, 5.74) is 0. The van der Waals surface area contributed by atoms with Gasteiger partial charge in [0.2, 0.25) is 0 Å². The summed E-state index contributed by atoms with van der Waals surface area (Å²) in [7, 11) is 0. The molecule has 0 atom stereocenters. The van der Waals surface area contributed by atoms with Crippen LogP contribution in [0.2, 0.25) is 0 Å². The molecular formula is C19H40O. The number of ether oxygens (including phenoxy) is 1. The van der Waals surface area contributed by atoms with Crippen LogP contribution in [0.15, 0.2) is 0 Å². The molecule has 0 bridgehead atoms. The van der Waals surface area contributed by atoms with E-state index in [1.54, 1.807) is 0 Å². The zero-order valence-corrected chi connectivity index (χ0v) is 14.4. The maximum Gasteiger partial charge on any atom is 0.0466 e. The quantitative estimate of drug-likeness (QED) is 0.264. The van der Waals surface area contributed by atoms with E-state index in [9.17, 15) is 0 Å². The molecule has 122 valence electrons. The van der Waals surface area contributed by atoms with Crippen LogP contribution >= 0.6 is 0 Å². The molecule has 0 N–H and O–H groups in total. The maximum atomic E-state index is 5.49. The second kappa shape index (κ2) is 19.0. The van der Waals surface area contributed by atoms with Crippen LogP contribution in [-0.4, -0.2) is 13.2 Å². The van der Waals surface area contributed by atoms with Crippen LogP contribution in [0.4, 0.5) is 0 Å². The minimum atomic E-state index is 0.943. The van der Waals surface area contributed by atoms with Crippen LogP contribution in [0.1, 0.15) is 110 Å². The van der Waals surface area contributed by atoms with Crippen LogP contribution in [0.25, 0.3) is 0 Å². The second-order valence-corrected chi connectivity index (χ2v) is 6.21. The molecule has 0 saturated carbocycles. The normalized spacial score (nSPS) is 11.1. The van der Waals surface area contributed by atoms with Gasteiger partial charge in [0.05, 0.1) is 0 Å². The van der Waals surface area contributed by atoms with Gasteiger partial charge in [0.25, 0.3) is 0 Å². The van der Waals surface area contributed by atoms with Crippen LogP contribution in [-0.2, 0) is 4.74 Å². The zero-order chi connectivity index (χ0) is 14.7. The number of unbranched alkanes of at least 4 members (excludes halogenated alkanes) is 13. The third-order valence-electron chi connectivity index (χ3n) is 3.99. The average Bonchev–Trinajstić information content (AvgIpc) is 2.47. The van der Waals surface area contributed by atoms with E-state index in [1.165, 1.54) is 89.9 Å². The zero-order valence-electron chi connectivity index (χ0n) is 14.4. The first-order valence-corrected chi connectivity index (χ1v) is 9.49. The van der Waals surface area contributed by atoms with E-state index in [-0.39, 0.29) is 0 Å². The molecule has 0 aliphatic carbocycles. The Morgan fingerprint density at radius 2 is 0.800 bits per heavy atom. The first kappa shape index (κ1) is 20.0. The van der Waals surface area contributed by atoms with Gasteiger partial charge >= 0.3 is 0 Å². The van der Waals surface area contributed by atoms with Gasteiger partial charge < -0.3 is 4.74 Å². The first-order valence-electron chi connectivity index (χ1n) is 9.49. The largest absolute Gasteiger partial charge is 0.381 e. The number of hydrogen-bond donors (Lipinski definition) is 0. The van der Waals surface area contributed by atoms with Crippen molar-refractivity contribution in [3.05, 3.63) is 0 Å². The molecule has 0 aliphatic rings. The third kappa shape index (κ3) is 18.0. The van der Waals surface area contributed by atoms with E-state index in [2.05, 4.69) is 13.8 Å². The fraction of sp³-hybridized carbons (Fsp3) is 1.00. The van der Waals surface area contributed by atoms with E-state index in [4.69, 9.17) is 4.74 Å². The number of hydrogen-bond acceptors (Lipinski definition) is 1. The average molecular weight is 285 g/mol. The van der Waals surface area contributed by atoms with Gasteiger partial charge in [-0.1, -0.05) is 97.3 Å². The van der Waals surface area contributed by atoms with Crippen molar-refractivity contribution in [1.29, 1.82) is 0 Å². The fourth-order valence-electron chi connectivity index (χ4n) is 2.65. The van der Waals surface area contributed by atoms with Crippen LogP contribution < -0.4 is 0 Å². The Kier molecular flexibility index (Phi) is 18.9. The minimum Gasteiger partial charge on any atom is -0.381 e. The molecule has 0 radical (unpaired) electrons. The van der Waals surface area contributed by atoms with Crippen molar-refractivity contribution >= 4 is 0 Å². The second-order valence-electron chi connectivity index (χ2n) is 6.21. The molecule has 1 nitrogen and oxygen atoms in total. The van der Waals surface area contributed by atoms with E-state index in [0.717, 1.165) is 19.6 Å². The summed E-state index contributed by atoms with van der Waals surface area (Å²) >= 11 is 0. The molecule has 0 rings (SSSR count). The summed E-state index contributed by atoms with van der Waals surface area (Å²) in [6.45, 7) is 6.38. The lowest BCUT2D eigenvalue weighted by Gasteiger charge is -2.04. The van der Waals surface area contributed by atoms with Crippen molar-refractivity contribution < 1.29 is 4.74 Å². The van der Waals surface area contributed by atoms with Crippen molar-refractivity contribution in [2.75, 3.05) is 13.2 Å². The molecule has 0 heterocycles. The molecular weight excluding hydrogens is 244 g/mol. The molecule has 0 aromatic carbocycles. The predicted octanol–water partition coefficient (Wildman–Crippen LogP) is 6.89. The van der Waals surface area contributed by atoms with Crippen molar-refractivity contribution in [3.8, 4) is 0 Å². The fourth-order valence-corrected chi connectivity index (χ4v) is 2.65. The maximum absolute atomic E-state index is 5.49. The van der Waals surface area contributed by atoms with Crippen LogP contribution in [0.3, 0.4) is 0 Å². The summed E-state index contributed by atoms with van der Waals surface area (Å²) < 4.78 is 5.49. The molecule has 0 fully saturated rings. The standard InChI is InChI=1S/C19H40O/c1-3-5-6-7-8-9-10-11-12-13-14-15-16-17-19-20-18-4-2/h3-19H2,1-2H3. The van der Waals surface area contributed by atoms with E-state index in [0.29, 0.717) is 0 Å². The molecule has 0 aromatic rings. The molecule has 0 saturated heterocycles. The Labute approximate surface area is 128 Å². The first-order chi connectivity index (χ1) is 9.91.